The lowest BCUT2D eigenvalue weighted by atomic mass is 10.2. The van der Waals surface area contributed by atoms with Crippen LogP contribution in [0.25, 0.3) is 11.3 Å². The van der Waals surface area contributed by atoms with Gasteiger partial charge in [0.1, 0.15) is 12.4 Å². The third-order valence-electron chi connectivity index (χ3n) is 4.17. The zero-order chi connectivity index (χ0) is 18.1. The summed E-state index contributed by atoms with van der Waals surface area (Å²) in [5, 5.41) is 0. The molecule has 0 radical (unpaired) electrons. The first-order valence-electron chi connectivity index (χ1n) is 8.03. The Labute approximate surface area is 151 Å². The van der Waals surface area contributed by atoms with Crippen molar-refractivity contribution in [3.05, 3.63) is 55.1 Å². The van der Waals surface area contributed by atoms with Crippen LogP contribution in [0.2, 0.25) is 0 Å². The molecule has 4 rings (SSSR count). The van der Waals surface area contributed by atoms with Crippen LogP contribution in [-0.4, -0.2) is 33.6 Å². The number of hydrogen-bond donors (Lipinski definition) is 1. The minimum absolute atomic E-state index is 0.150. The summed E-state index contributed by atoms with van der Waals surface area (Å²) in [6.45, 7) is 1.30. The summed E-state index contributed by atoms with van der Waals surface area (Å²) in [5.74, 6) is 1.13. The molecule has 0 amide bonds. The molecule has 2 heterocycles. The molecule has 0 aliphatic carbocycles. The molecular weight excluding hydrogens is 354 g/mol. The number of benzene rings is 2. The molecule has 1 aliphatic heterocycles. The van der Waals surface area contributed by atoms with Gasteiger partial charge in [0.2, 0.25) is 0 Å². The van der Waals surface area contributed by atoms with Gasteiger partial charge in [0.15, 0.2) is 12.2 Å². The van der Waals surface area contributed by atoms with Crippen molar-refractivity contribution in [2.75, 3.05) is 29.8 Å². The maximum atomic E-state index is 12.8. The van der Waals surface area contributed by atoms with Crippen LogP contribution in [-0.2, 0) is 10.0 Å². The van der Waals surface area contributed by atoms with Gasteiger partial charge in [0.25, 0.3) is 10.0 Å². The quantitative estimate of drug-likeness (QED) is 0.759. The third-order valence-corrected chi connectivity index (χ3v) is 5.55. The first kappa shape index (κ1) is 16.5. The van der Waals surface area contributed by atoms with Crippen LogP contribution in [0.15, 0.2) is 64.4 Å². The minimum Gasteiger partial charge on any atom is -0.490 e. The Bertz CT molecular complexity index is 1030. The van der Waals surface area contributed by atoms with E-state index < -0.39 is 10.0 Å². The van der Waals surface area contributed by atoms with Gasteiger partial charge in [-0.25, -0.2) is 13.4 Å². The highest BCUT2D eigenvalue weighted by Gasteiger charge is 2.21. The zero-order valence-electron chi connectivity index (χ0n) is 14.0. The molecule has 134 valence electrons. The highest BCUT2D eigenvalue weighted by atomic mass is 32.2. The molecule has 0 bridgehead atoms. The van der Waals surface area contributed by atoms with E-state index in [1.165, 1.54) is 6.39 Å². The Morgan fingerprint density at radius 2 is 2.08 bits per heavy atom. The molecule has 0 unspecified atom stereocenters. The standard InChI is InChI=1S/C18H17N3O4S/c1-21-7-8-24-17-10-15(5-6-16(17)21)26(22,23)20-14-4-2-3-13(9-14)18-11-19-12-25-18/h2-6,9-12,20H,7-8H2,1H3. The largest absolute Gasteiger partial charge is 0.490 e. The molecule has 8 heteroatoms. The molecule has 0 fully saturated rings. The van der Waals surface area contributed by atoms with Gasteiger partial charge in [0.05, 0.1) is 23.3 Å². The third kappa shape index (κ3) is 3.11. The molecule has 1 aliphatic rings. The number of ether oxygens (including phenoxy) is 1. The molecular formula is C18H17N3O4S. The summed E-state index contributed by atoms with van der Waals surface area (Å²) in [4.78, 5) is 6.06. The van der Waals surface area contributed by atoms with Gasteiger partial charge in [-0.1, -0.05) is 12.1 Å². The maximum absolute atomic E-state index is 12.8. The molecule has 26 heavy (non-hydrogen) atoms. The number of likely N-dealkylation sites (N-methyl/N-ethyl adjacent to an activating group) is 1. The van der Waals surface area contributed by atoms with Crippen molar-refractivity contribution in [1.29, 1.82) is 0 Å². The molecule has 0 saturated heterocycles. The van der Waals surface area contributed by atoms with E-state index in [0.29, 0.717) is 23.8 Å². The molecule has 7 nitrogen and oxygen atoms in total. The van der Waals surface area contributed by atoms with Crippen molar-refractivity contribution in [2.24, 2.45) is 0 Å². The molecule has 3 aromatic rings. The normalized spacial score (nSPS) is 13.8. The molecule has 0 saturated carbocycles. The fourth-order valence-corrected chi connectivity index (χ4v) is 3.88. The Morgan fingerprint density at radius 3 is 2.88 bits per heavy atom. The van der Waals surface area contributed by atoms with E-state index >= 15 is 0 Å². The van der Waals surface area contributed by atoms with Gasteiger partial charge >= 0.3 is 0 Å². The maximum Gasteiger partial charge on any atom is 0.262 e. The second-order valence-corrected chi connectivity index (χ2v) is 7.63. The van der Waals surface area contributed by atoms with E-state index in [1.54, 1.807) is 42.6 Å². The monoisotopic (exact) mass is 371 g/mol. The number of rotatable bonds is 4. The fourth-order valence-electron chi connectivity index (χ4n) is 2.81. The Kier molecular flexibility index (Phi) is 4.04. The SMILES string of the molecule is CN1CCOc2cc(S(=O)(=O)Nc3cccc(-c4cnco4)c3)ccc21. The number of sulfonamides is 1. The first-order valence-corrected chi connectivity index (χ1v) is 9.51. The Hall–Kier alpha value is -3.00. The predicted molar refractivity (Wildman–Crippen MR) is 98.0 cm³/mol. The van der Waals surface area contributed by atoms with Crippen LogP contribution in [0.4, 0.5) is 11.4 Å². The van der Waals surface area contributed by atoms with Crippen LogP contribution in [0, 0.1) is 0 Å². The van der Waals surface area contributed by atoms with E-state index in [-0.39, 0.29) is 4.90 Å². The topological polar surface area (TPSA) is 84.7 Å². The molecule has 2 aromatic carbocycles. The first-order chi connectivity index (χ1) is 12.5. The number of aromatic nitrogens is 1. The number of nitrogens with one attached hydrogen (secondary N) is 1. The van der Waals surface area contributed by atoms with Crippen molar-refractivity contribution in [2.45, 2.75) is 4.90 Å². The van der Waals surface area contributed by atoms with E-state index in [1.807, 2.05) is 18.0 Å². The molecule has 0 atom stereocenters. The lowest BCUT2D eigenvalue weighted by Crippen LogP contribution is -2.29. The lowest BCUT2D eigenvalue weighted by Gasteiger charge is -2.27. The molecule has 0 spiro atoms. The van der Waals surface area contributed by atoms with Crippen LogP contribution in [0.3, 0.4) is 0 Å². The van der Waals surface area contributed by atoms with Crippen LogP contribution < -0.4 is 14.4 Å². The summed E-state index contributed by atoms with van der Waals surface area (Å²) >= 11 is 0. The van der Waals surface area contributed by atoms with Crippen molar-refractivity contribution in [3.63, 3.8) is 0 Å². The van der Waals surface area contributed by atoms with Gasteiger partial charge < -0.3 is 14.1 Å². The smallest absolute Gasteiger partial charge is 0.262 e. The second-order valence-electron chi connectivity index (χ2n) is 5.95. The minimum atomic E-state index is -3.74. The highest BCUT2D eigenvalue weighted by Crippen LogP contribution is 2.33. The van der Waals surface area contributed by atoms with Crippen LogP contribution in [0.5, 0.6) is 5.75 Å². The van der Waals surface area contributed by atoms with Gasteiger partial charge in [0, 0.05) is 24.4 Å². The fraction of sp³-hybridized carbons (Fsp3) is 0.167. The number of anilines is 2. The van der Waals surface area contributed by atoms with Gasteiger partial charge in [-0.15, -0.1) is 0 Å². The zero-order valence-corrected chi connectivity index (χ0v) is 14.9. The summed E-state index contributed by atoms with van der Waals surface area (Å²) in [6, 6.07) is 11.8. The summed E-state index contributed by atoms with van der Waals surface area (Å²) in [7, 11) is -1.80. The molecule has 1 N–H and O–H groups in total. The van der Waals surface area contributed by atoms with E-state index in [9.17, 15) is 8.42 Å². The number of nitrogens with zero attached hydrogens (tertiary/aromatic N) is 2. The van der Waals surface area contributed by atoms with E-state index in [4.69, 9.17) is 9.15 Å². The summed E-state index contributed by atoms with van der Waals surface area (Å²) in [6.07, 6.45) is 2.90. The van der Waals surface area contributed by atoms with Crippen molar-refractivity contribution >= 4 is 21.4 Å². The highest BCUT2D eigenvalue weighted by molar-refractivity contribution is 7.92. The van der Waals surface area contributed by atoms with Crippen molar-refractivity contribution < 1.29 is 17.6 Å². The number of oxazole rings is 1. The van der Waals surface area contributed by atoms with E-state index in [2.05, 4.69) is 9.71 Å². The van der Waals surface area contributed by atoms with Gasteiger partial charge in [-0.2, -0.15) is 0 Å². The number of hydrogen-bond acceptors (Lipinski definition) is 6. The Balaban J connectivity index is 1.63. The lowest BCUT2D eigenvalue weighted by molar-refractivity contribution is 0.310. The summed E-state index contributed by atoms with van der Waals surface area (Å²) in [5.41, 5.74) is 2.05. The Morgan fingerprint density at radius 1 is 1.19 bits per heavy atom. The van der Waals surface area contributed by atoms with Gasteiger partial charge in [-0.3, -0.25) is 4.72 Å². The average molecular weight is 371 g/mol. The summed E-state index contributed by atoms with van der Waals surface area (Å²) < 4.78 is 38.9. The van der Waals surface area contributed by atoms with Crippen molar-refractivity contribution in [3.8, 4) is 17.1 Å². The molecule has 1 aromatic heterocycles. The number of fused-ring (bicyclic) bond motifs is 1. The second kappa shape index (κ2) is 6.38. The van der Waals surface area contributed by atoms with E-state index in [0.717, 1.165) is 17.8 Å². The van der Waals surface area contributed by atoms with Crippen LogP contribution >= 0.6 is 0 Å². The van der Waals surface area contributed by atoms with Crippen LogP contribution in [0.1, 0.15) is 0 Å². The predicted octanol–water partition coefficient (Wildman–Crippen LogP) is 2.97. The average Bonchev–Trinajstić information content (AvgIpc) is 3.16. The van der Waals surface area contributed by atoms with Crippen molar-refractivity contribution in [1.82, 2.24) is 4.98 Å². The van der Waals surface area contributed by atoms with Gasteiger partial charge in [-0.05, 0) is 24.3 Å².